The minimum absolute atomic E-state index is 0.208. The summed E-state index contributed by atoms with van der Waals surface area (Å²) in [5, 5.41) is 2.76. The predicted molar refractivity (Wildman–Crippen MR) is 107 cm³/mol. The number of hydrogen-bond donors (Lipinski definition) is 2. The number of carbonyl (C=O) groups is 1. The molecule has 3 atom stereocenters. The normalized spacial score (nSPS) is 27.5. The number of hydrogen-bond acceptors (Lipinski definition) is 5. The molecule has 9 heteroatoms. The first kappa shape index (κ1) is 20.9. The van der Waals surface area contributed by atoms with Crippen molar-refractivity contribution in [2.24, 2.45) is 11.3 Å². The quantitative estimate of drug-likeness (QED) is 0.602. The molecule has 1 aromatic rings. The fourth-order valence-corrected chi connectivity index (χ4v) is 7.26. The van der Waals surface area contributed by atoms with Gasteiger partial charge in [-0.1, -0.05) is 31.4 Å². The lowest BCUT2D eigenvalue weighted by Crippen LogP contribution is -2.52. The van der Waals surface area contributed by atoms with E-state index in [2.05, 4.69) is 17.0 Å². The Morgan fingerprint density at radius 3 is 2.89 bits per heavy atom. The molecule has 1 aromatic heterocycles. The van der Waals surface area contributed by atoms with E-state index in [-0.39, 0.29) is 28.2 Å². The van der Waals surface area contributed by atoms with Crippen LogP contribution in [0.3, 0.4) is 0 Å². The third kappa shape index (κ3) is 4.78. The molecule has 2 bridgehead atoms. The zero-order chi connectivity index (χ0) is 19.5. The summed E-state index contributed by atoms with van der Waals surface area (Å²) >= 11 is 6.96. The number of sulfonamides is 1. The summed E-state index contributed by atoms with van der Waals surface area (Å²) in [4.78, 5) is 12.0. The summed E-state index contributed by atoms with van der Waals surface area (Å²) in [5.74, 6) is 0.288. The highest BCUT2D eigenvalue weighted by Gasteiger charge is 2.52. The van der Waals surface area contributed by atoms with Gasteiger partial charge >= 0.3 is 6.09 Å². The summed E-state index contributed by atoms with van der Waals surface area (Å²) < 4.78 is 34.7. The molecule has 27 heavy (non-hydrogen) atoms. The average Bonchev–Trinajstić information content (AvgIpc) is 3.13. The SMILES string of the molecule is CCCCNC(=O)OC[C@@]12CCC[C@@H](CC1)[C@@H]2NS(=O)(=O)c1ccc(Cl)s1. The molecular formula is C18H27ClN2O4S2. The summed E-state index contributed by atoms with van der Waals surface area (Å²) in [5.41, 5.74) is -0.320. The van der Waals surface area contributed by atoms with Gasteiger partial charge in [0, 0.05) is 18.0 Å². The van der Waals surface area contributed by atoms with Crippen LogP contribution in [0.15, 0.2) is 16.3 Å². The smallest absolute Gasteiger partial charge is 0.407 e. The Morgan fingerprint density at radius 1 is 1.37 bits per heavy atom. The van der Waals surface area contributed by atoms with Crippen molar-refractivity contribution >= 4 is 39.1 Å². The maximum atomic E-state index is 12.8. The minimum Gasteiger partial charge on any atom is -0.449 e. The number of unbranched alkanes of at least 4 members (excludes halogenated alkanes) is 1. The van der Waals surface area contributed by atoms with Crippen LogP contribution < -0.4 is 10.0 Å². The van der Waals surface area contributed by atoms with E-state index in [4.69, 9.17) is 16.3 Å². The molecule has 2 aliphatic carbocycles. The van der Waals surface area contributed by atoms with Crippen molar-refractivity contribution in [2.45, 2.75) is 62.1 Å². The highest BCUT2D eigenvalue weighted by Crippen LogP contribution is 2.52. The third-order valence-electron chi connectivity index (χ3n) is 5.78. The predicted octanol–water partition coefficient (Wildman–Crippen LogP) is 4.16. The first-order valence-electron chi connectivity index (χ1n) is 9.54. The van der Waals surface area contributed by atoms with E-state index in [9.17, 15) is 13.2 Å². The van der Waals surface area contributed by atoms with E-state index < -0.39 is 16.1 Å². The number of fused-ring (bicyclic) bond motifs is 2. The average molecular weight is 435 g/mol. The maximum absolute atomic E-state index is 12.8. The molecule has 1 amide bonds. The second-order valence-electron chi connectivity index (χ2n) is 7.57. The molecule has 0 unspecified atom stereocenters. The topological polar surface area (TPSA) is 84.5 Å². The molecule has 2 saturated carbocycles. The molecular weight excluding hydrogens is 408 g/mol. The third-order valence-corrected chi connectivity index (χ3v) is 8.94. The second-order valence-corrected chi connectivity index (χ2v) is 11.2. The van der Waals surface area contributed by atoms with E-state index in [1.165, 1.54) is 6.07 Å². The fourth-order valence-electron chi connectivity index (χ4n) is 4.35. The van der Waals surface area contributed by atoms with E-state index in [0.717, 1.165) is 56.3 Å². The Kier molecular flexibility index (Phi) is 6.71. The van der Waals surface area contributed by atoms with Crippen molar-refractivity contribution < 1.29 is 17.9 Å². The van der Waals surface area contributed by atoms with E-state index >= 15 is 0 Å². The lowest BCUT2D eigenvalue weighted by molar-refractivity contribution is 0.0473. The van der Waals surface area contributed by atoms with Crippen LogP contribution in [0.5, 0.6) is 0 Å². The minimum atomic E-state index is -3.63. The molecule has 2 aliphatic rings. The highest BCUT2D eigenvalue weighted by molar-refractivity contribution is 7.91. The molecule has 0 saturated heterocycles. The molecule has 152 valence electrons. The van der Waals surface area contributed by atoms with Crippen molar-refractivity contribution in [1.29, 1.82) is 0 Å². The number of alkyl carbamates (subject to hydrolysis) is 1. The summed E-state index contributed by atoms with van der Waals surface area (Å²) in [6.45, 7) is 2.91. The van der Waals surface area contributed by atoms with Gasteiger partial charge in [-0.15, -0.1) is 11.3 Å². The number of carbonyl (C=O) groups excluding carboxylic acids is 1. The van der Waals surface area contributed by atoms with Gasteiger partial charge in [0.2, 0.25) is 10.0 Å². The Balaban J connectivity index is 1.68. The zero-order valence-electron chi connectivity index (χ0n) is 15.5. The molecule has 2 fully saturated rings. The van der Waals surface area contributed by atoms with E-state index in [1.54, 1.807) is 6.07 Å². The van der Waals surface area contributed by atoms with Gasteiger partial charge in [0.1, 0.15) is 10.8 Å². The maximum Gasteiger partial charge on any atom is 0.407 e. The standard InChI is InChI=1S/C18H27ClN2O4S2/c1-2-3-11-20-17(22)25-12-18-9-4-5-13(8-10-18)16(18)21-27(23,24)15-7-6-14(19)26-15/h6-7,13,16,21H,2-5,8-12H2,1H3,(H,20,22)/t13-,16-,18+/m0/s1. The van der Waals surface area contributed by atoms with Crippen molar-refractivity contribution in [3.05, 3.63) is 16.5 Å². The summed E-state index contributed by atoms with van der Waals surface area (Å²) in [6, 6.07) is 2.92. The number of amides is 1. The lowest BCUT2D eigenvalue weighted by atomic mass is 9.72. The molecule has 6 nitrogen and oxygen atoms in total. The monoisotopic (exact) mass is 434 g/mol. The van der Waals surface area contributed by atoms with Crippen molar-refractivity contribution in [3.8, 4) is 0 Å². The fraction of sp³-hybridized carbons (Fsp3) is 0.722. The molecule has 2 N–H and O–H groups in total. The second kappa shape index (κ2) is 8.68. The van der Waals surface area contributed by atoms with E-state index in [1.807, 2.05) is 0 Å². The van der Waals surface area contributed by atoms with Crippen LogP contribution in [0, 0.1) is 11.3 Å². The lowest BCUT2D eigenvalue weighted by Gasteiger charge is -2.40. The van der Waals surface area contributed by atoms with Gasteiger partial charge in [0.25, 0.3) is 0 Å². The Hall–Kier alpha value is -0.830. The van der Waals surface area contributed by atoms with Crippen LogP contribution in [0.4, 0.5) is 4.79 Å². The Bertz CT molecular complexity index is 763. The van der Waals surface area contributed by atoms with Gasteiger partial charge in [0.15, 0.2) is 0 Å². The van der Waals surface area contributed by atoms with Crippen LogP contribution in [-0.4, -0.2) is 33.7 Å². The van der Waals surface area contributed by atoms with Crippen LogP contribution in [0.1, 0.15) is 51.9 Å². The zero-order valence-corrected chi connectivity index (χ0v) is 17.9. The number of rotatable bonds is 8. The number of nitrogens with one attached hydrogen (secondary N) is 2. The van der Waals surface area contributed by atoms with Gasteiger partial charge in [-0.3, -0.25) is 0 Å². The van der Waals surface area contributed by atoms with Gasteiger partial charge in [0.05, 0.1) is 4.34 Å². The highest BCUT2D eigenvalue weighted by atomic mass is 35.5. The van der Waals surface area contributed by atoms with Gasteiger partial charge in [-0.2, -0.15) is 0 Å². The van der Waals surface area contributed by atoms with Crippen molar-refractivity contribution in [1.82, 2.24) is 10.0 Å². The Labute approximate surface area is 170 Å². The Morgan fingerprint density at radius 2 is 2.19 bits per heavy atom. The largest absolute Gasteiger partial charge is 0.449 e. The molecule has 1 heterocycles. The van der Waals surface area contributed by atoms with Gasteiger partial charge < -0.3 is 10.1 Å². The molecule has 0 spiro atoms. The first-order valence-corrected chi connectivity index (χ1v) is 12.2. The molecule has 3 rings (SSSR count). The number of thiophene rings is 1. The van der Waals surface area contributed by atoms with Crippen LogP contribution in [0.2, 0.25) is 4.34 Å². The number of halogens is 1. The summed E-state index contributed by atoms with van der Waals surface area (Å²) in [6.07, 6.45) is 6.23. The van der Waals surface area contributed by atoms with Gasteiger partial charge in [-0.05, 0) is 50.2 Å². The van der Waals surface area contributed by atoms with E-state index in [0.29, 0.717) is 10.9 Å². The number of ether oxygens (including phenoxy) is 1. The van der Waals surface area contributed by atoms with Crippen molar-refractivity contribution in [3.63, 3.8) is 0 Å². The van der Waals surface area contributed by atoms with Crippen molar-refractivity contribution in [2.75, 3.05) is 13.2 Å². The summed E-state index contributed by atoms with van der Waals surface area (Å²) in [7, 11) is -3.63. The van der Waals surface area contributed by atoms with Crippen LogP contribution in [-0.2, 0) is 14.8 Å². The van der Waals surface area contributed by atoms with Gasteiger partial charge in [-0.25, -0.2) is 17.9 Å². The molecule has 0 radical (unpaired) electrons. The van der Waals surface area contributed by atoms with Crippen LogP contribution >= 0.6 is 22.9 Å². The molecule has 0 aromatic carbocycles. The van der Waals surface area contributed by atoms with Crippen LogP contribution in [0.25, 0.3) is 0 Å². The first-order chi connectivity index (χ1) is 12.9. The molecule has 0 aliphatic heterocycles.